The van der Waals surface area contributed by atoms with Gasteiger partial charge in [0.15, 0.2) is 10.8 Å². The van der Waals surface area contributed by atoms with Gasteiger partial charge in [-0.25, -0.2) is 9.97 Å². The zero-order chi connectivity index (χ0) is 26.3. The average molecular weight is 534 g/mol. The molecule has 1 saturated heterocycles. The SMILES string of the molecule is O=C(Nc1ccccc1-c1nnc(N2CCOCC2)s1)c1cc(NC(CO)CO)nc(-c2ccccc2)n1. The van der Waals surface area contributed by atoms with Gasteiger partial charge in [-0.15, -0.1) is 10.2 Å². The van der Waals surface area contributed by atoms with Crippen molar-refractivity contribution in [1.82, 2.24) is 20.2 Å². The van der Waals surface area contributed by atoms with Crippen LogP contribution in [0.25, 0.3) is 22.0 Å². The Hall–Kier alpha value is -3.97. The van der Waals surface area contributed by atoms with Crippen LogP contribution in [0.5, 0.6) is 0 Å². The molecule has 12 heteroatoms. The topological polar surface area (TPSA) is 146 Å². The number of anilines is 3. The molecule has 0 unspecified atom stereocenters. The molecule has 1 aliphatic heterocycles. The maximum atomic E-state index is 13.4. The van der Waals surface area contributed by atoms with Crippen molar-refractivity contribution in [3.05, 3.63) is 66.4 Å². The second-order valence-electron chi connectivity index (χ2n) is 8.52. The van der Waals surface area contributed by atoms with Crippen LogP contribution in [0.2, 0.25) is 0 Å². The standard InChI is InChI=1S/C26H27N7O4S/c34-15-18(16-35)27-22-14-21(28-23(30-22)17-6-2-1-3-7-17)24(36)29-20-9-5-4-8-19(20)25-31-32-26(38-25)33-10-12-37-13-11-33/h1-9,14,18,34-35H,10-13,15-16H2,(H,29,36)(H,27,28,30). The van der Waals surface area contributed by atoms with Crippen molar-refractivity contribution in [1.29, 1.82) is 0 Å². The van der Waals surface area contributed by atoms with E-state index in [0.717, 1.165) is 29.3 Å². The first-order valence-corrected chi connectivity index (χ1v) is 13.0. The first kappa shape index (κ1) is 25.7. The van der Waals surface area contributed by atoms with Crippen LogP contribution in [0.4, 0.5) is 16.6 Å². The molecule has 0 saturated carbocycles. The Morgan fingerprint density at radius 1 is 1.00 bits per heavy atom. The molecule has 1 aliphatic rings. The van der Waals surface area contributed by atoms with Gasteiger partial charge in [-0.2, -0.15) is 0 Å². The van der Waals surface area contributed by atoms with Crippen molar-refractivity contribution in [2.45, 2.75) is 6.04 Å². The minimum absolute atomic E-state index is 0.122. The number of para-hydroxylation sites is 1. The number of nitrogens with one attached hydrogen (secondary N) is 2. The van der Waals surface area contributed by atoms with Crippen LogP contribution in [0.3, 0.4) is 0 Å². The van der Waals surface area contributed by atoms with Gasteiger partial charge in [-0.3, -0.25) is 4.79 Å². The molecule has 1 fully saturated rings. The number of ether oxygens (including phenoxy) is 1. The van der Waals surface area contributed by atoms with E-state index < -0.39 is 11.9 Å². The number of nitrogens with zero attached hydrogens (tertiary/aromatic N) is 5. The van der Waals surface area contributed by atoms with Crippen LogP contribution >= 0.6 is 11.3 Å². The second-order valence-corrected chi connectivity index (χ2v) is 9.48. The summed E-state index contributed by atoms with van der Waals surface area (Å²) in [6.45, 7) is 2.22. The van der Waals surface area contributed by atoms with E-state index >= 15 is 0 Å². The van der Waals surface area contributed by atoms with E-state index in [1.165, 1.54) is 17.4 Å². The van der Waals surface area contributed by atoms with Crippen molar-refractivity contribution >= 4 is 33.9 Å². The number of carbonyl (C=O) groups is 1. The Labute approximate surface area is 223 Å². The number of hydrogen-bond acceptors (Lipinski definition) is 11. The zero-order valence-corrected chi connectivity index (χ0v) is 21.3. The highest BCUT2D eigenvalue weighted by Gasteiger charge is 2.20. The highest BCUT2D eigenvalue weighted by atomic mass is 32.1. The molecule has 0 spiro atoms. The fourth-order valence-electron chi connectivity index (χ4n) is 3.88. The third-order valence-electron chi connectivity index (χ3n) is 5.89. The highest BCUT2D eigenvalue weighted by molar-refractivity contribution is 7.18. The maximum absolute atomic E-state index is 13.4. The summed E-state index contributed by atoms with van der Waals surface area (Å²) in [7, 11) is 0. The molecule has 3 heterocycles. The molecule has 196 valence electrons. The summed E-state index contributed by atoms with van der Waals surface area (Å²) in [5, 5.41) is 35.1. The second kappa shape index (κ2) is 12.0. The fourth-order valence-corrected chi connectivity index (χ4v) is 4.82. The molecule has 5 rings (SSSR count). The predicted molar refractivity (Wildman–Crippen MR) is 145 cm³/mol. The number of amides is 1. The average Bonchev–Trinajstić information content (AvgIpc) is 3.47. The summed E-state index contributed by atoms with van der Waals surface area (Å²) in [5.74, 6) is 0.204. The van der Waals surface area contributed by atoms with Gasteiger partial charge in [0.05, 0.1) is 38.2 Å². The summed E-state index contributed by atoms with van der Waals surface area (Å²) in [4.78, 5) is 24.5. The van der Waals surface area contributed by atoms with Crippen LogP contribution in [0.15, 0.2) is 60.7 Å². The van der Waals surface area contributed by atoms with Gasteiger partial charge in [-0.1, -0.05) is 53.8 Å². The van der Waals surface area contributed by atoms with E-state index in [4.69, 9.17) is 4.74 Å². The lowest BCUT2D eigenvalue weighted by Gasteiger charge is -2.25. The molecule has 1 amide bonds. The smallest absolute Gasteiger partial charge is 0.274 e. The van der Waals surface area contributed by atoms with Crippen molar-refractivity contribution in [2.24, 2.45) is 0 Å². The molecule has 0 atom stereocenters. The van der Waals surface area contributed by atoms with E-state index in [2.05, 4.69) is 35.7 Å². The molecule has 4 aromatic rings. The van der Waals surface area contributed by atoms with Gasteiger partial charge < -0.3 is 30.5 Å². The Morgan fingerprint density at radius 3 is 2.50 bits per heavy atom. The number of carbonyl (C=O) groups excluding carboxylic acids is 1. The van der Waals surface area contributed by atoms with Gasteiger partial charge in [0.25, 0.3) is 5.91 Å². The zero-order valence-electron chi connectivity index (χ0n) is 20.4. The molecule has 4 N–H and O–H groups in total. The number of aliphatic hydroxyl groups excluding tert-OH is 2. The predicted octanol–water partition coefficient (Wildman–Crippen LogP) is 2.52. The van der Waals surface area contributed by atoms with Crippen LogP contribution in [0, 0.1) is 0 Å². The quantitative estimate of drug-likeness (QED) is 0.253. The normalized spacial score (nSPS) is 13.5. The number of benzene rings is 2. The fraction of sp³-hybridized carbons (Fsp3) is 0.269. The van der Waals surface area contributed by atoms with Crippen LogP contribution < -0.4 is 15.5 Å². The van der Waals surface area contributed by atoms with E-state index in [1.807, 2.05) is 48.5 Å². The van der Waals surface area contributed by atoms with E-state index in [9.17, 15) is 15.0 Å². The number of rotatable bonds is 9. The molecule has 0 aliphatic carbocycles. The Kier molecular flexibility index (Phi) is 8.14. The van der Waals surface area contributed by atoms with Gasteiger partial charge in [-0.05, 0) is 12.1 Å². The minimum Gasteiger partial charge on any atom is -0.394 e. The van der Waals surface area contributed by atoms with Crippen molar-refractivity contribution in [3.8, 4) is 22.0 Å². The monoisotopic (exact) mass is 533 g/mol. The van der Waals surface area contributed by atoms with Crippen LogP contribution in [-0.2, 0) is 4.74 Å². The highest BCUT2D eigenvalue weighted by Crippen LogP contribution is 2.34. The number of hydrogen-bond donors (Lipinski definition) is 4. The van der Waals surface area contributed by atoms with E-state index in [0.29, 0.717) is 35.6 Å². The third kappa shape index (κ3) is 5.94. The summed E-state index contributed by atoms with van der Waals surface area (Å²) < 4.78 is 5.42. The lowest BCUT2D eigenvalue weighted by Crippen LogP contribution is -2.36. The summed E-state index contributed by atoms with van der Waals surface area (Å²) >= 11 is 1.46. The summed E-state index contributed by atoms with van der Waals surface area (Å²) in [5.41, 5.74) is 2.16. The van der Waals surface area contributed by atoms with Gasteiger partial charge in [0.2, 0.25) is 5.13 Å². The largest absolute Gasteiger partial charge is 0.394 e. The third-order valence-corrected chi connectivity index (χ3v) is 6.90. The molecule has 38 heavy (non-hydrogen) atoms. The summed E-state index contributed by atoms with van der Waals surface area (Å²) in [6.07, 6.45) is 0. The lowest BCUT2D eigenvalue weighted by atomic mass is 10.1. The number of morpholine rings is 1. The Bertz CT molecular complexity index is 1380. The maximum Gasteiger partial charge on any atom is 0.274 e. The first-order chi connectivity index (χ1) is 18.6. The van der Waals surface area contributed by atoms with Gasteiger partial charge >= 0.3 is 0 Å². The first-order valence-electron chi connectivity index (χ1n) is 12.1. The molecule has 11 nitrogen and oxygen atoms in total. The molecular weight excluding hydrogens is 506 g/mol. The molecule has 2 aromatic heterocycles. The molecular formula is C26H27N7O4S. The van der Waals surface area contributed by atoms with Crippen molar-refractivity contribution in [2.75, 3.05) is 55.1 Å². The Balaban J connectivity index is 1.43. The van der Waals surface area contributed by atoms with Crippen molar-refractivity contribution < 1.29 is 19.7 Å². The summed E-state index contributed by atoms with van der Waals surface area (Å²) in [6, 6.07) is 17.5. The van der Waals surface area contributed by atoms with Gasteiger partial charge in [0.1, 0.15) is 11.5 Å². The van der Waals surface area contributed by atoms with E-state index in [-0.39, 0.29) is 18.9 Å². The number of aliphatic hydroxyl groups is 2. The molecule has 0 radical (unpaired) electrons. The Morgan fingerprint density at radius 2 is 1.74 bits per heavy atom. The van der Waals surface area contributed by atoms with E-state index in [1.54, 1.807) is 6.07 Å². The molecule has 0 bridgehead atoms. The van der Waals surface area contributed by atoms with Crippen LogP contribution in [-0.4, -0.2) is 81.8 Å². The molecule has 2 aromatic carbocycles. The number of aromatic nitrogens is 4. The lowest BCUT2D eigenvalue weighted by molar-refractivity contribution is 0.102. The van der Waals surface area contributed by atoms with Crippen molar-refractivity contribution in [3.63, 3.8) is 0 Å². The minimum atomic E-state index is -0.636. The van der Waals surface area contributed by atoms with Crippen LogP contribution in [0.1, 0.15) is 10.5 Å². The van der Waals surface area contributed by atoms with Gasteiger partial charge in [0, 0.05) is 30.3 Å².